The van der Waals surface area contributed by atoms with Crippen LogP contribution >= 0.6 is 22.7 Å². The fourth-order valence-electron chi connectivity index (χ4n) is 10.9. The van der Waals surface area contributed by atoms with E-state index < -0.39 is 0 Å². The van der Waals surface area contributed by atoms with Crippen LogP contribution in [0.2, 0.25) is 0 Å². The molecule has 12 rings (SSSR count). The second-order valence-corrected chi connectivity index (χ2v) is 21.5. The molecular formula is C62H52N2S2. The molecule has 0 spiro atoms. The molecule has 0 saturated carbocycles. The van der Waals surface area contributed by atoms with Gasteiger partial charge in [0.05, 0.1) is 26.5 Å². The van der Waals surface area contributed by atoms with Crippen molar-refractivity contribution in [3.63, 3.8) is 0 Å². The van der Waals surface area contributed by atoms with Crippen LogP contribution in [0.15, 0.2) is 164 Å². The predicted octanol–water partition coefficient (Wildman–Crippen LogP) is 19.2. The summed E-state index contributed by atoms with van der Waals surface area (Å²) >= 11 is 3.77. The molecule has 0 unspecified atom stereocenters. The fraction of sp³-hybridized carbons (Fsp3) is 0.161. The average Bonchev–Trinajstić information content (AvgIpc) is 3.89. The number of hydrogen-bond acceptors (Lipinski definition) is 4. The van der Waals surface area contributed by atoms with Crippen LogP contribution < -0.4 is 10.2 Å². The molecule has 66 heavy (non-hydrogen) atoms. The molecule has 4 heteroatoms. The first kappa shape index (κ1) is 40.8. The number of allylic oxidation sites excluding steroid dienone is 1. The molecule has 0 amide bonds. The maximum Gasteiger partial charge on any atom is 0.0640 e. The van der Waals surface area contributed by atoms with E-state index in [1.54, 1.807) is 0 Å². The van der Waals surface area contributed by atoms with Crippen LogP contribution in [-0.2, 0) is 6.42 Å². The van der Waals surface area contributed by atoms with E-state index in [9.17, 15) is 0 Å². The summed E-state index contributed by atoms with van der Waals surface area (Å²) in [5.74, 6) is 0.305. The zero-order valence-electron chi connectivity index (χ0n) is 38.4. The molecule has 2 aromatic heterocycles. The molecule has 9 aromatic carbocycles. The van der Waals surface area contributed by atoms with E-state index in [0.29, 0.717) is 5.92 Å². The first-order valence-electron chi connectivity index (χ1n) is 23.4. The topological polar surface area (TPSA) is 15.3 Å². The van der Waals surface area contributed by atoms with Gasteiger partial charge < -0.3 is 10.2 Å². The minimum Gasteiger partial charge on any atom is -0.354 e. The minimum atomic E-state index is -0.0557. The SMILES string of the molecule is Cc1cccc(/C=C2/c3c(cc(N(c4cccc(C)c4)c4cccc5c4sc4ccccc45)c4ccc5c(C(C)C)cc(Nc6cccc7c6sc6ccccc67)cc5c34)CCC2(C)C)c1. The monoisotopic (exact) mass is 888 g/mol. The Hall–Kier alpha value is -6.72. The van der Waals surface area contributed by atoms with E-state index in [0.717, 1.165) is 24.2 Å². The van der Waals surface area contributed by atoms with Gasteiger partial charge in [0.25, 0.3) is 0 Å². The molecule has 1 aliphatic rings. The highest BCUT2D eigenvalue weighted by Gasteiger charge is 2.34. The highest BCUT2D eigenvalue weighted by molar-refractivity contribution is 7.26. The van der Waals surface area contributed by atoms with Gasteiger partial charge in [-0.25, -0.2) is 0 Å². The van der Waals surface area contributed by atoms with Crippen molar-refractivity contribution in [1.29, 1.82) is 0 Å². The van der Waals surface area contributed by atoms with Crippen molar-refractivity contribution >= 4 is 125 Å². The number of rotatable bonds is 7. The van der Waals surface area contributed by atoms with Crippen LogP contribution in [0.1, 0.15) is 73.4 Å². The van der Waals surface area contributed by atoms with Crippen molar-refractivity contribution in [3.05, 3.63) is 197 Å². The van der Waals surface area contributed by atoms with Crippen LogP contribution in [0.25, 0.3) is 73.5 Å². The number of anilines is 5. The summed E-state index contributed by atoms with van der Waals surface area (Å²) in [6.07, 6.45) is 4.56. The van der Waals surface area contributed by atoms with Crippen LogP contribution in [0, 0.1) is 19.3 Å². The van der Waals surface area contributed by atoms with E-state index in [1.165, 1.54) is 118 Å². The van der Waals surface area contributed by atoms with Gasteiger partial charge in [-0.1, -0.05) is 149 Å². The molecular weight excluding hydrogens is 837 g/mol. The van der Waals surface area contributed by atoms with Crippen molar-refractivity contribution in [1.82, 2.24) is 0 Å². The zero-order valence-corrected chi connectivity index (χ0v) is 40.1. The van der Waals surface area contributed by atoms with Crippen molar-refractivity contribution in [2.75, 3.05) is 10.2 Å². The molecule has 322 valence electrons. The van der Waals surface area contributed by atoms with E-state index in [4.69, 9.17) is 0 Å². The van der Waals surface area contributed by atoms with Crippen molar-refractivity contribution in [2.24, 2.45) is 5.41 Å². The third kappa shape index (κ3) is 6.72. The summed E-state index contributed by atoms with van der Waals surface area (Å²) < 4.78 is 5.22. The normalized spacial score (nSPS) is 14.4. The van der Waals surface area contributed by atoms with Crippen LogP contribution in [0.5, 0.6) is 0 Å². The lowest BCUT2D eigenvalue weighted by atomic mass is 9.68. The molecule has 1 N–H and O–H groups in total. The summed E-state index contributed by atoms with van der Waals surface area (Å²) in [6, 6.07) is 61.7. The molecule has 0 radical (unpaired) electrons. The highest BCUT2D eigenvalue weighted by atomic mass is 32.1. The molecule has 0 aliphatic heterocycles. The van der Waals surface area contributed by atoms with Gasteiger partial charge in [-0.15, -0.1) is 22.7 Å². The molecule has 2 nitrogen and oxygen atoms in total. The number of thiophene rings is 2. The summed E-state index contributed by atoms with van der Waals surface area (Å²) in [4.78, 5) is 2.58. The van der Waals surface area contributed by atoms with Crippen molar-refractivity contribution in [2.45, 2.75) is 60.3 Å². The molecule has 11 aromatic rings. The summed E-state index contributed by atoms with van der Waals surface area (Å²) in [7, 11) is 0. The Kier molecular flexibility index (Phi) is 9.71. The number of nitrogens with zero attached hydrogens (tertiary/aromatic N) is 1. The van der Waals surface area contributed by atoms with Gasteiger partial charge >= 0.3 is 0 Å². The highest BCUT2D eigenvalue weighted by Crippen LogP contribution is 2.54. The second kappa shape index (κ2) is 15.7. The standard InChI is InChI=1S/C62H52N2S2/c1-37(2)50-35-42(63-53-23-13-21-47-45-19-7-9-25-56(45)65-60(47)53)36-51-44(50)27-28-49-55(34-41-29-30-62(5,6)52(58(41)59(49)51)33-40-17-11-15-38(3)31-40)64(43-18-12-16-39(4)32-43)54-24-14-22-48-46-20-8-10-26-57(46)66-61(48)54/h7-28,31-37,63H,29-30H2,1-6H3/b52-33-. The summed E-state index contributed by atoms with van der Waals surface area (Å²) in [6.45, 7) is 14.0. The zero-order chi connectivity index (χ0) is 44.8. The maximum absolute atomic E-state index is 4.03. The third-order valence-corrected chi connectivity index (χ3v) is 16.6. The summed E-state index contributed by atoms with van der Waals surface area (Å²) in [5.41, 5.74) is 15.1. The fourth-order valence-corrected chi connectivity index (χ4v) is 13.2. The first-order chi connectivity index (χ1) is 32.1. The number of aryl methyl sites for hydroxylation is 3. The van der Waals surface area contributed by atoms with Gasteiger partial charge in [0.2, 0.25) is 0 Å². The Morgan fingerprint density at radius 2 is 1.23 bits per heavy atom. The van der Waals surface area contributed by atoms with E-state index >= 15 is 0 Å². The van der Waals surface area contributed by atoms with Gasteiger partial charge in [0, 0.05) is 47.7 Å². The number of fused-ring (bicyclic) bond motifs is 11. The molecule has 2 heterocycles. The third-order valence-electron chi connectivity index (χ3n) is 14.1. The van der Waals surface area contributed by atoms with E-state index in [1.807, 2.05) is 22.7 Å². The van der Waals surface area contributed by atoms with Crippen molar-refractivity contribution in [3.8, 4) is 0 Å². The Morgan fingerprint density at radius 3 is 1.97 bits per heavy atom. The second-order valence-electron chi connectivity index (χ2n) is 19.4. The lowest BCUT2D eigenvalue weighted by Gasteiger charge is -2.38. The molecule has 0 atom stereocenters. The largest absolute Gasteiger partial charge is 0.354 e. The van der Waals surface area contributed by atoms with Gasteiger partial charge in [-0.2, -0.15) is 0 Å². The lowest BCUT2D eigenvalue weighted by Crippen LogP contribution is -2.22. The number of benzene rings is 9. The summed E-state index contributed by atoms with van der Waals surface area (Å²) in [5, 5.41) is 14.4. The van der Waals surface area contributed by atoms with E-state index in [-0.39, 0.29) is 5.41 Å². The van der Waals surface area contributed by atoms with E-state index in [2.05, 4.69) is 222 Å². The van der Waals surface area contributed by atoms with Crippen molar-refractivity contribution < 1.29 is 0 Å². The number of hydrogen-bond donors (Lipinski definition) is 1. The van der Waals surface area contributed by atoms with Crippen LogP contribution in [0.3, 0.4) is 0 Å². The predicted molar refractivity (Wildman–Crippen MR) is 292 cm³/mol. The Labute approximate surface area is 395 Å². The Bertz CT molecular complexity index is 3780. The van der Waals surface area contributed by atoms with Gasteiger partial charge in [-0.3, -0.25) is 0 Å². The van der Waals surface area contributed by atoms with Gasteiger partial charge in [0.15, 0.2) is 0 Å². The molecule has 0 saturated heterocycles. The lowest BCUT2D eigenvalue weighted by molar-refractivity contribution is 0.446. The maximum atomic E-state index is 4.03. The van der Waals surface area contributed by atoms with Crippen LogP contribution in [0.4, 0.5) is 28.4 Å². The molecule has 0 bridgehead atoms. The molecule has 0 fully saturated rings. The Balaban J connectivity index is 1.20. The smallest absolute Gasteiger partial charge is 0.0640 e. The quantitative estimate of drug-likeness (QED) is 0.160. The van der Waals surface area contributed by atoms with Crippen LogP contribution in [-0.4, -0.2) is 0 Å². The average molecular weight is 889 g/mol. The molecule has 1 aliphatic carbocycles. The number of nitrogens with one attached hydrogen (secondary N) is 1. The first-order valence-corrected chi connectivity index (χ1v) is 25.0. The van der Waals surface area contributed by atoms with Gasteiger partial charge in [-0.05, 0) is 142 Å². The van der Waals surface area contributed by atoms with Gasteiger partial charge in [0.1, 0.15) is 0 Å². The Morgan fingerprint density at radius 1 is 0.576 bits per heavy atom. The minimum absolute atomic E-state index is 0.0557.